The van der Waals surface area contributed by atoms with Crippen LogP contribution in [-0.2, 0) is 14.3 Å². The molecule has 144 valence electrons. The van der Waals surface area contributed by atoms with Crippen molar-refractivity contribution >= 4 is 27.5 Å². The van der Waals surface area contributed by atoms with Crippen LogP contribution in [0.25, 0.3) is 11.1 Å². The van der Waals surface area contributed by atoms with Gasteiger partial charge in [-0.3, -0.25) is 8.98 Å². The number of carbonyl (C=O) groups excluding carboxylic acids is 1. The van der Waals surface area contributed by atoms with Gasteiger partial charge in [0, 0.05) is 10.6 Å². The largest absolute Gasteiger partial charge is 0.297 e. The second kappa shape index (κ2) is 8.27. The minimum atomic E-state index is -4.02. The van der Waals surface area contributed by atoms with Gasteiger partial charge in [-0.2, -0.15) is 8.42 Å². The van der Waals surface area contributed by atoms with Crippen LogP contribution in [0.2, 0.25) is 5.02 Å². The Bertz CT molecular complexity index is 1070. The van der Waals surface area contributed by atoms with Crippen molar-refractivity contribution in [3.63, 3.8) is 0 Å². The van der Waals surface area contributed by atoms with Crippen molar-refractivity contribution in [3.8, 4) is 11.1 Å². The molecule has 0 aliphatic rings. The molecular formula is C22H19ClO4S. The Morgan fingerprint density at radius 2 is 1.36 bits per heavy atom. The number of hydrogen-bond donors (Lipinski definition) is 0. The second-order valence-corrected chi connectivity index (χ2v) is 8.46. The van der Waals surface area contributed by atoms with E-state index in [9.17, 15) is 13.2 Å². The first kappa shape index (κ1) is 20.3. The van der Waals surface area contributed by atoms with E-state index in [-0.39, 0.29) is 4.90 Å². The molecule has 3 rings (SSSR count). The predicted molar refractivity (Wildman–Crippen MR) is 110 cm³/mol. The molecule has 0 heterocycles. The van der Waals surface area contributed by atoms with Crippen molar-refractivity contribution in [1.29, 1.82) is 0 Å². The predicted octanol–water partition coefficient (Wildman–Crippen LogP) is 5.29. The molecule has 0 fully saturated rings. The van der Waals surface area contributed by atoms with Gasteiger partial charge in [-0.05, 0) is 49.2 Å². The van der Waals surface area contributed by atoms with Gasteiger partial charge in [0.15, 0.2) is 5.78 Å². The van der Waals surface area contributed by atoms with E-state index < -0.39 is 22.0 Å². The third-order valence-electron chi connectivity index (χ3n) is 4.30. The number of benzene rings is 3. The molecule has 3 aromatic carbocycles. The lowest BCUT2D eigenvalue weighted by Gasteiger charge is -2.13. The summed E-state index contributed by atoms with van der Waals surface area (Å²) in [5, 5.41) is 0.649. The molecular weight excluding hydrogens is 396 g/mol. The van der Waals surface area contributed by atoms with Crippen molar-refractivity contribution in [3.05, 3.63) is 88.9 Å². The van der Waals surface area contributed by atoms with Gasteiger partial charge in [0.1, 0.15) is 6.10 Å². The van der Waals surface area contributed by atoms with E-state index in [2.05, 4.69) is 0 Å². The summed E-state index contributed by atoms with van der Waals surface area (Å²) in [6, 6.07) is 20.6. The summed E-state index contributed by atoms with van der Waals surface area (Å²) >= 11 is 5.90. The summed E-state index contributed by atoms with van der Waals surface area (Å²) in [5.74, 6) is -0.404. The van der Waals surface area contributed by atoms with Crippen LogP contribution in [0, 0.1) is 6.92 Å². The van der Waals surface area contributed by atoms with E-state index in [1.807, 2.05) is 19.1 Å². The monoisotopic (exact) mass is 414 g/mol. The second-order valence-electron chi connectivity index (χ2n) is 6.45. The molecule has 6 heteroatoms. The zero-order valence-electron chi connectivity index (χ0n) is 15.4. The third kappa shape index (κ3) is 4.68. The molecule has 0 aliphatic heterocycles. The Hall–Kier alpha value is -2.47. The number of carbonyl (C=O) groups is 1. The summed E-state index contributed by atoms with van der Waals surface area (Å²) in [6.07, 6.45) is -1.13. The van der Waals surface area contributed by atoms with Crippen LogP contribution in [0.3, 0.4) is 0 Å². The average molecular weight is 415 g/mol. The number of aryl methyl sites for hydroxylation is 1. The number of rotatable bonds is 6. The highest BCUT2D eigenvalue weighted by molar-refractivity contribution is 7.86. The molecule has 0 N–H and O–H groups in total. The Morgan fingerprint density at radius 1 is 0.857 bits per heavy atom. The van der Waals surface area contributed by atoms with Gasteiger partial charge in [-0.25, -0.2) is 0 Å². The minimum absolute atomic E-state index is 0.0239. The fourth-order valence-corrected chi connectivity index (χ4v) is 3.87. The van der Waals surface area contributed by atoms with Gasteiger partial charge in [0.25, 0.3) is 10.1 Å². The molecule has 0 bridgehead atoms. The fraction of sp³-hybridized carbons (Fsp3) is 0.136. The first-order chi connectivity index (χ1) is 13.3. The van der Waals surface area contributed by atoms with Gasteiger partial charge >= 0.3 is 0 Å². The van der Waals surface area contributed by atoms with E-state index in [1.54, 1.807) is 48.5 Å². The molecule has 0 aliphatic carbocycles. The molecule has 0 saturated heterocycles. The smallest absolute Gasteiger partial charge is 0.291 e. The van der Waals surface area contributed by atoms with E-state index in [0.29, 0.717) is 10.6 Å². The summed E-state index contributed by atoms with van der Waals surface area (Å²) in [5.41, 5.74) is 3.21. The molecule has 0 saturated carbocycles. The maximum absolute atomic E-state index is 12.6. The van der Waals surface area contributed by atoms with E-state index >= 15 is 0 Å². The first-order valence-electron chi connectivity index (χ1n) is 8.66. The van der Waals surface area contributed by atoms with Crippen LogP contribution in [0.5, 0.6) is 0 Å². The Morgan fingerprint density at radius 3 is 1.89 bits per heavy atom. The van der Waals surface area contributed by atoms with Gasteiger partial charge in [0.05, 0.1) is 4.90 Å². The van der Waals surface area contributed by atoms with Crippen LogP contribution < -0.4 is 0 Å². The Balaban J connectivity index is 1.74. The Kier molecular flexibility index (Phi) is 5.98. The maximum atomic E-state index is 12.6. The summed E-state index contributed by atoms with van der Waals surface area (Å²) in [7, 11) is -4.02. The summed E-state index contributed by atoms with van der Waals surface area (Å²) in [6.45, 7) is 3.29. The lowest BCUT2D eigenvalue weighted by molar-refractivity contribution is 0.0826. The van der Waals surface area contributed by atoms with Gasteiger partial charge < -0.3 is 0 Å². The SMILES string of the molecule is Cc1ccc(S(=O)(=O)O[C@H](C)C(=O)c2ccc(-c3ccc(Cl)cc3)cc2)cc1. The number of ketones is 1. The highest BCUT2D eigenvalue weighted by Crippen LogP contribution is 2.23. The van der Waals surface area contributed by atoms with Crippen LogP contribution in [0.15, 0.2) is 77.7 Å². The Labute approximate surface area is 169 Å². The molecule has 0 amide bonds. The van der Waals surface area contributed by atoms with Crippen LogP contribution >= 0.6 is 11.6 Å². The normalized spacial score (nSPS) is 12.5. The molecule has 4 nitrogen and oxygen atoms in total. The van der Waals surface area contributed by atoms with Crippen molar-refractivity contribution in [2.45, 2.75) is 24.8 Å². The molecule has 0 aromatic heterocycles. The van der Waals surface area contributed by atoms with Gasteiger partial charge in [-0.15, -0.1) is 0 Å². The zero-order chi connectivity index (χ0) is 20.3. The topological polar surface area (TPSA) is 60.4 Å². The van der Waals surface area contributed by atoms with Crippen molar-refractivity contribution in [1.82, 2.24) is 0 Å². The highest BCUT2D eigenvalue weighted by atomic mass is 35.5. The summed E-state index contributed by atoms with van der Waals surface area (Å²) in [4.78, 5) is 12.6. The lowest BCUT2D eigenvalue weighted by atomic mass is 10.0. The molecule has 0 spiro atoms. The van der Waals surface area contributed by atoms with Crippen LogP contribution in [0.4, 0.5) is 0 Å². The molecule has 1 atom stereocenters. The molecule has 0 unspecified atom stereocenters. The molecule has 0 radical (unpaired) electrons. The first-order valence-corrected chi connectivity index (χ1v) is 10.4. The van der Waals surface area contributed by atoms with Crippen LogP contribution in [-0.4, -0.2) is 20.3 Å². The molecule has 3 aromatic rings. The molecule has 28 heavy (non-hydrogen) atoms. The quantitative estimate of drug-likeness (QED) is 0.406. The minimum Gasteiger partial charge on any atom is -0.291 e. The van der Waals surface area contributed by atoms with E-state index in [1.165, 1.54) is 19.1 Å². The van der Waals surface area contributed by atoms with Crippen molar-refractivity contribution in [2.75, 3.05) is 0 Å². The summed E-state index contributed by atoms with van der Waals surface area (Å²) < 4.78 is 29.9. The average Bonchev–Trinajstić information content (AvgIpc) is 2.68. The van der Waals surface area contributed by atoms with E-state index in [0.717, 1.165) is 16.7 Å². The van der Waals surface area contributed by atoms with Crippen LogP contribution in [0.1, 0.15) is 22.8 Å². The maximum Gasteiger partial charge on any atom is 0.297 e. The number of Topliss-reactive ketones (excluding diaryl/α,β-unsaturated/α-hetero) is 1. The fourth-order valence-electron chi connectivity index (χ4n) is 2.70. The highest BCUT2D eigenvalue weighted by Gasteiger charge is 2.24. The number of halogens is 1. The van der Waals surface area contributed by atoms with Gasteiger partial charge in [-0.1, -0.05) is 65.7 Å². The third-order valence-corrected chi connectivity index (χ3v) is 5.94. The van der Waals surface area contributed by atoms with Crippen molar-refractivity contribution in [2.24, 2.45) is 0 Å². The standard InChI is InChI=1S/C22H19ClO4S/c1-15-3-13-21(14-4-15)28(25,26)27-16(2)22(24)19-7-5-17(6-8-19)18-9-11-20(23)12-10-18/h3-14,16H,1-2H3/t16-/m1/s1. The van der Waals surface area contributed by atoms with E-state index in [4.69, 9.17) is 15.8 Å². The van der Waals surface area contributed by atoms with Gasteiger partial charge in [0.2, 0.25) is 0 Å². The lowest BCUT2D eigenvalue weighted by Crippen LogP contribution is -2.24. The number of hydrogen-bond acceptors (Lipinski definition) is 4. The zero-order valence-corrected chi connectivity index (χ0v) is 17.0. The van der Waals surface area contributed by atoms with Crippen molar-refractivity contribution < 1.29 is 17.4 Å².